The van der Waals surface area contributed by atoms with Crippen LogP contribution in [-0.2, 0) is 12.0 Å². The molecule has 2 rings (SSSR count). The molecule has 0 amide bonds. The molecule has 0 radical (unpaired) electrons. The fraction of sp³-hybridized carbons (Fsp3) is 0.529. The fourth-order valence-corrected chi connectivity index (χ4v) is 2.54. The molecule has 0 saturated carbocycles. The lowest BCUT2D eigenvalue weighted by atomic mass is 9.95. The summed E-state index contributed by atoms with van der Waals surface area (Å²) in [6, 6.07) is 5.31. The average molecular weight is 288 g/mol. The number of hydrogen-bond donors (Lipinski definition) is 1. The fourth-order valence-electron chi connectivity index (χ4n) is 2.54. The van der Waals surface area contributed by atoms with Gasteiger partial charge in [0.1, 0.15) is 5.82 Å². The summed E-state index contributed by atoms with van der Waals surface area (Å²) in [4.78, 5) is 16.2. The molecule has 0 atom stereocenters. The maximum atomic E-state index is 11.5. The lowest BCUT2D eigenvalue weighted by Gasteiger charge is -2.21. The molecule has 1 heterocycles. The van der Waals surface area contributed by atoms with Crippen LogP contribution in [0.1, 0.15) is 57.2 Å². The number of carboxylic acids is 1. The summed E-state index contributed by atoms with van der Waals surface area (Å²) < 4.78 is 2.10. The van der Waals surface area contributed by atoms with Gasteiger partial charge in [-0.15, -0.1) is 0 Å². The molecule has 4 nitrogen and oxygen atoms in total. The molecule has 0 unspecified atom stereocenters. The lowest BCUT2D eigenvalue weighted by Crippen LogP contribution is -2.20. The summed E-state index contributed by atoms with van der Waals surface area (Å²) in [5.41, 5.74) is 1.73. The summed E-state index contributed by atoms with van der Waals surface area (Å²) in [7, 11) is 0. The molecule has 0 bridgehead atoms. The first-order chi connectivity index (χ1) is 9.71. The zero-order valence-corrected chi connectivity index (χ0v) is 13.5. The van der Waals surface area contributed by atoms with E-state index in [0.717, 1.165) is 29.8 Å². The Kier molecular flexibility index (Phi) is 4.08. The minimum atomic E-state index is -0.897. The van der Waals surface area contributed by atoms with Gasteiger partial charge in [-0.2, -0.15) is 0 Å². The summed E-state index contributed by atoms with van der Waals surface area (Å²) in [6.45, 7) is 11.5. The normalized spacial score (nSPS) is 12.3. The topological polar surface area (TPSA) is 55.1 Å². The van der Waals surface area contributed by atoms with Gasteiger partial charge in [-0.1, -0.05) is 40.7 Å². The third-order valence-corrected chi connectivity index (χ3v) is 3.60. The maximum Gasteiger partial charge on any atom is 0.337 e. The van der Waals surface area contributed by atoms with Crippen molar-refractivity contribution in [2.75, 3.05) is 0 Å². The molecular weight excluding hydrogens is 264 g/mol. The number of carbonyl (C=O) groups is 1. The van der Waals surface area contributed by atoms with Crippen LogP contribution in [-0.4, -0.2) is 20.6 Å². The molecule has 1 N–H and O–H groups in total. The molecule has 0 saturated heterocycles. The SMILES string of the molecule is CC(C)CCn1c(C(C)(C)C)nc2cccc(C(=O)O)c21. The van der Waals surface area contributed by atoms with Gasteiger partial charge in [0.25, 0.3) is 0 Å². The van der Waals surface area contributed by atoms with E-state index in [1.54, 1.807) is 12.1 Å². The number of aryl methyl sites for hydroxylation is 1. The predicted octanol–water partition coefficient (Wildman–Crippen LogP) is 4.08. The van der Waals surface area contributed by atoms with Crippen molar-refractivity contribution < 1.29 is 9.90 Å². The van der Waals surface area contributed by atoms with Crippen molar-refractivity contribution in [1.29, 1.82) is 0 Å². The number of fused-ring (bicyclic) bond motifs is 1. The van der Waals surface area contributed by atoms with Crippen LogP contribution in [0.3, 0.4) is 0 Å². The van der Waals surface area contributed by atoms with Crippen molar-refractivity contribution in [2.24, 2.45) is 5.92 Å². The second-order valence-electron chi connectivity index (χ2n) is 7.00. The van der Waals surface area contributed by atoms with Crippen molar-refractivity contribution in [3.63, 3.8) is 0 Å². The van der Waals surface area contributed by atoms with E-state index in [0.29, 0.717) is 11.5 Å². The number of benzene rings is 1. The number of imidazole rings is 1. The standard InChI is InChI=1S/C17H24N2O2/c1-11(2)9-10-19-14-12(15(20)21)7-6-8-13(14)18-16(19)17(3,4)5/h6-8,11H,9-10H2,1-5H3,(H,20,21). The Labute approximate surface area is 125 Å². The van der Waals surface area contributed by atoms with Crippen LogP contribution < -0.4 is 0 Å². The van der Waals surface area contributed by atoms with E-state index in [4.69, 9.17) is 4.98 Å². The zero-order chi connectivity index (χ0) is 15.8. The minimum absolute atomic E-state index is 0.119. The van der Waals surface area contributed by atoms with Gasteiger partial charge < -0.3 is 9.67 Å². The monoisotopic (exact) mass is 288 g/mol. The van der Waals surface area contributed by atoms with Crippen molar-refractivity contribution in [3.8, 4) is 0 Å². The summed E-state index contributed by atoms with van der Waals surface area (Å²) in [5.74, 6) is 0.617. The largest absolute Gasteiger partial charge is 0.478 e. The highest BCUT2D eigenvalue weighted by atomic mass is 16.4. The van der Waals surface area contributed by atoms with Crippen LogP contribution in [0.4, 0.5) is 0 Å². The third-order valence-electron chi connectivity index (χ3n) is 3.60. The molecule has 0 aliphatic carbocycles. The minimum Gasteiger partial charge on any atom is -0.478 e. The Bertz CT molecular complexity index is 663. The van der Waals surface area contributed by atoms with Crippen LogP contribution in [0, 0.1) is 5.92 Å². The van der Waals surface area contributed by atoms with Crippen molar-refractivity contribution in [1.82, 2.24) is 9.55 Å². The van der Waals surface area contributed by atoms with E-state index in [2.05, 4.69) is 39.2 Å². The Morgan fingerprint density at radius 1 is 1.33 bits per heavy atom. The van der Waals surface area contributed by atoms with Crippen molar-refractivity contribution in [2.45, 2.75) is 53.0 Å². The van der Waals surface area contributed by atoms with Gasteiger partial charge in [0.15, 0.2) is 0 Å². The van der Waals surface area contributed by atoms with E-state index >= 15 is 0 Å². The van der Waals surface area contributed by atoms with Gasteiger partial charge in [-0.3, -0.25) is 0 Å². The molecule has 0 aliphatic heterocycles. The highest BCUT2D eigenvalue weighted by Crippen LogP contribution is 2.29. The molecule has 21 heavy (non-hydrogen) atoms. The van der Waals surface area contributed by atoms with Crippen LogP contribution in [0.25, 0.3) is 11.0 Å². The summed E-state index contributed by atoms with van der Waals surface area (Å²) in [5, 5.41) is 9.46. The van der Waals surface area contributed by atoms with Crippen molar-refractivity contribution in [3.05, 3.63) is 29.6 Å². The number of aromatic nitrogens is 2. The van der Waals surface area contributed by atoms with Gasteiger partial charge in [0.05, 0.1) is 16.6 Å². The Morgan fingerprint density at radius 3 is 2.52 bits per heavy atom. The molecule has 0 fully saturated rings. The van der Waals surface area contributed by atoms with E-state index in [1.165, 1.54) is 0 Å². The number of nitrogens with zero attached hydrogens (tertiary/aromatic N) is 2. The summed E-state index contributed by atoms with van der Waals surface area (Å²) in [6.07, 6.45) is 1.00. The number of rotatable bonds is 4. The van der Waals surface area contributed by atoms with Gasteiger partial charge >= 0.3 is 5.97 Å². The van der Waals surface area contributed by atoms with Gasteiger partial charge in [-0.25, -0.2) is 9.78 Å². The quantitative estimate of drug-likeness (QED) is 0.922. The Balaban J connectivity index is 2.70. The van der Waals surface area contributed by atoms with Crippen LogP contribution in [0.15, 0.2) is 18.2 Å². The van der Waals surface area contributed by atoms with Crippen LogP contribution in [0.5, 0.6) is 0 Å². The molecule has 1 aromatic heterocycles. The maximum absolute atomic E-state index is 11.5. The van der Waals surface area contributed by atoms with E-state index in [-0.39, 0.29) is 5.41 Å². The zero-order valence-electron chi connectivity index (χ0n) is 13.5. The molecule has 114 valence electrons. The molecular formula is C17H24N2O2. The van der Waals surface area contributed by atoms with Gasteiger partial charge in [0, 0.05) is 12.0 Å². The molecule has 0 spiro atoms. The molecule has 0 aliphatic rings. The highest BCUT2D eigenvalue weighted by molar-refractivity contribution is 6.01. The molecule has 4 heteroatoms. The first-order valence-electron chi connectivity index (χ1n) is 7.45. The number of hydrogen-bond acceptors (Lipinski definition) is 2. The number of carboxylic acid groups (broad SMARTS) is 1. The molecule has 2 aromatic rings. The second-order valence-corrected chi connectivity index (χ2v) is 7.00. The average Bonchev–Trinajstić information content (AvgIpc) is 2.74. The first kappa shape index (κ1) is 15.5. The predicted molar refractivity (Wildman–Crippen MR) is 84.8 cm³/mol. The smallest absolute Gasteiger partial charge is 0.337 e. The van der Waals surface area contributed by atoms with Crippen molar-refractivity contribution >= 4 is 17.0 Å². The summed E-state index contributed by atoms with van der Waals surface area (Å²) >= 11 is 0. The Hall–Kier alpha value is -1.84. The third kappa shape index (κ3) is 3.09. The van der Waals surface area contributed by atoms with Crippen LogP contribution >= 0.6 is 0 Å². The van der Waals surface area contributed by atoms with E-state index in [9.17, 15) is 9.90 Å². The first-order valence-corrected chi connectivity index (χ1v) is 7.45. The van der Waals surface area contributed by atoms with Gasteiger partial charge in [-0.05, 0) is 24.5 Å². The highest BCUT2D eigenvalue weighted by Gasteiger charge is 2.25. The van der Waals surface area contributed by atoms with E-state index < -0.39 is 5.97 Å². The molecule has 1 aromatic carbocycles. The number of para-hydroxylation sites is 1. The number of aromatic carboxylic acids is 1. The second kappa shape index (κ2) is 5.51. The van der Waals surface area contributed by atoms with Gasteiger partial charge in [0.2, 0.25) is 0 Å². The van der Waals surface area contributed by atoms with Crippen LogP contribution in [0.2, 0.25) is 0 Å². The lowest BCUT2D eigenvalue weighted by molar-refractivity contribution is 0.0698. The Morgan fingerprint density at radius 2 is 2.00 bits per heavy atom. The van der Waals surface area contributed by atoms with E-state index in [1.807, 2.05) is 6.07 Å².